The molecule has 18 heavy (non-hydrogen) atoms. The zero-order chi connectivity index (χ0) is 13.0. The average Bonchev–Trinajstić information content (AvgIpc) is 2.35. The van der Waals surface area contributed by atoms with E-state index in [9.17, 15) is 4.79 Å². The third-order valence-corrected chi connectivity index (χ3v) is 2.62. The lowest BCUT2D eigenvalue weighted by Gasteiger charge is -2.07. The molecule has 0 spiro atoms. The van der Waals surface area contributed by atoms with E-state index in [0.717, 1.165) is 16.7 Å². The fourth-order valence-corrected chi connectivity index (χ4v) is 1.75. The number of aryl methyl sites for hydroxylation is 1. The van der Waals surface area contributed by atoms with Gasteiger partial charge in [0.25, 0.3) is 0 Å². The summed E-state index contributed by atoms with van der Waals surface area (Å²) in [4.78, 5) is 11.2. The second-order valence-electron chi connectivity index (χ2n) is 3.95. The van der Waals surface area contributed by atoms with Crippen molar-refractivity contribution in [2.75, 3.05) is 19.8 Å². The molecule has 0 aliphatic heterocycles. The molecule has 0 atom stereocenters. The SMILES string of the molecule is CCOCCOc1ccc2oc(=O)cc(C)c2c1. The van der Waals surface area contributed by atoms with Crippen molar-refractivity contribution in [2.24, 2.45) is 0 Å². The van der Waals surface area contributed by atoms with Crippen molar-refractivity contribution in [3.63, 3.8) is 0 Å². The van der Waals surface area contributed by atoms with E-state index in [0.29, 0.717) is 25.4 Å². The quantitative estimate of drug-likeness (QED) is 0.602. The molecule has 0 bridgehead atoms. The lowest BCUT2D eigenvalue weighted by molar-refractivity contribution is 0.110. The van der Waals surface area contributed by atoms with Crippen LogP contribution < -0.4 is 10.4 Å². The number of rotatable bonds is 5. The fourth-order valence-electron chi connectivity index (χ4n) is 1.75. The van der Waals surface area contributed by atoms with Crippen LogP contribution in [0.4, 0.5) is 0 Å². The van der Waals surface area contributed by atoms with Gasteiger partial charge in [-0.2, -0.15) is 0 Å². The summed E-state index contributed by atoms with van der Waals surface area (Å²) in [6.07, 6.45) is 0. The fraction of sp³-hybridized carbons (Fsp3) is 0.357. The first-order valence-electron chi connectivity index (χ1n) is 5.96. The molecule has 0 saturated carbocycles. The highest BCUT2D eigenvalue weighted by Gasteiger charge is 2.03. The maximum atomic E-state index is 11.2. The van der Waals surface area contributed by atoms with Crippen LogP contribution in [0.2, 0.25) is 0 Å². The Morgan fingerprint density at radius 1 is 1.22 bits per heavy atom. The van der Waals surface area contributed by atoms with Gasteiger partial charge in [-0.3, -0.25) is 0 Å². The largest absolute Gasteiger partial charge is 0.491 e. The van der Waals surface area contributed by atoms with Crippen LogP contribution in [-0.2, 0) is 4.74 Å². The van der Waals surface area contributed by atoms with Crippen molar-refractivity contribution in [3.05, 3.63) is 40.2 Å². The van der Waals surface area contributed by atoms with Crippen LogP contribution in [0.1, 0.15) is 12.5 Å². The maximum Gasteiger partial charge on any atom is 0.336 e. The molecule has 4 heteroatoms. The number of hydrogen-bond acceptors (Lipinski definition) is 4. The first kappa shape index (κ1) is 12.6. The van der Waals surface area contributed by atoms with Gasteiger partial charge >= 0.3 is 5.63 Å². The van der Waals surface area contributed by atoms with E-state index in [-0.39, 0.29) is 5.63 Å². The van der Waals surface area contributed by atoms with Gasteiger partial charge in [-0.05, 0) is 37.6 Å². The molecule has 1 heterocycles. The van der Waals surface area contributed by atoms with Crippen molar-refractivity contribution in [1.82, 2.24) is 0 Å². The van der Waals surface area contributed by atoms with Gasteiger partial charge in [0.15, 0.2) is 0 Å². The maximum absolute atomic E-state index is 11.2. The normalized spacial score (nSPS) is 10.8. The third kappa shape index (κ3) is 2.90. The second-order valence-corrected chi connectivity index (χ2v) is 3.95. The summed E-state index contributed by atoms with van der Waals surface area (Å²) in [5.74, 6) is 0.749. The molecule has 1 aromatic carbocycles. The number of fused-ring (bicyclic) bond motifs is 1. The molecule has 2 rings (SSSR count). The lowest BCUT2D eigenvalue weighted by Crippen LogP contribution is -2.06. The highest BCUT2D eigenvalue weighted by Crippen LogP contribution is 2.22. The molecule has 0 radical (unpaired) electrons. The van der Waals surface area contributed by atoms with E-state index in [1.54, 1.807) is 12.1 Å². The zero-order valence-electron chi connectivity index (χ0n) is 10.6. The third-order valence-electron chi connectivity index (χ3n) is 2.62. The molecule has 4 nitrogen and oxygen atoms in total. The molecule has 0 saturated heterocycles. The van der Waals surface area contributed by atoms with Crippen LogP contribution in [0.5, 0.6) is 5.75 Å². The van der Waals surface area contributed by atoms with Gasteiger partial charge in [-0.1, -0.05) is 0 Å². The van der Waals surface area contributed by atoms with Crippen LogP contribution in [0.3, 0.4) is 0 Å². The highest BCUT2D eigenvalue weighted by atomic mass is 16.5. The van der Waals surface area contributed by atoms with Gasteiger partial charge in [-0.25, -0.2) is 4.79 Å². The van der Waals surface area contributed by atoms with Gasteiger partial charge in [0.05, 0.1) is 6.61 Å². The molecule has 2 aromatic rings. The number of hydrogen-bond donors (Lipinski definition) is 0. The van der Waals surface area contributed by atoms with Gasteiger partial charge in [0, 0.05) is 18.1 Å². The Labute approximate surface area is 105 Å². The topological polar surface area (TPSA) is 48.7 Å². The molecule has 0 aliphatic rings. The molecule has 0 amide bonds. The Morgan fingerprint density at radius 3 is 2.83 bits per heavy atom. The standard InChI is InChI=1S/C14H16O4/c1-3-16-6-7-17-11-4-5-13-12(9-11)10(2)8-14(15)18-13/h4-5,8-9H,3,6-7H2,1-2H3. The number of ether oxygens (including phenoxy) is 2. The zero-order valence-corrected chi connectivity index (χ0v) is 10.6. The minimum absolute atomic E-state index is 0.329. The van der Waals surface area contributed by atoms with Gasteiger partial charge in [0.1, 0.15) is 17.9 Å². The summed E-state index contributed by atoms with van der Waals surface area (Å²) in [6, 6.07) is 6.89. The first-order valence-corrected chi connectivity index (χ1v) is 5.96. The Kier molecular flexibility index (Phi) is 3.99. The second kappa shape index (κ2) is 5.69. The molecule has 0 fully saturated rings. The molecule has 1 aromatic heterocycles. The smallest absolute Gasteiger partial charge is 0.336 e. The van der Waals surface area contributed by atoms with E-state index in [1.807, 2.05) is 19.9 Å². The molecular formula is C14H16O4. The minimum atomic E-state index is -0.329. The lowest BCUT2D eigenvalue weighted by atomic mass is 10.1. The Balaban J connectivity index is 2.19. The van der Waals surface area contributed by atoms with E-state index in [4.69, 9.17) is 13.9 Å². The Bertz CT molecular complexity index is 586. The predicted octanol–water partition coefficient (Wildman–Crippen LogP) is 2.52. The minimum Gasteiger partial charge on any atom is -0.491 e. The molecule has 96 valence electrons. The Morgan fingerprint density at radius 2 is 2.06 bits per heavy atom. The van der Waals surface area contributed by atoms with Crippen LogP contribution in [0, 0.1) is 6.92 Å². The van der Waals surface area contributed by atoms with Crippen molar-refractivity contribution in [2.45, 2.75) is 13.8 Å². The van der Waals surface area contributed by atoms with Crippen molar-refractivity contribution in [1.29, 1.82) is 0 Å². The summed E-state index contributed by atoms with van der Waals surface area (Å²) in [7, 11) is 0. The van der Waals surface area contributed by atoms with Crippen LogP contribution in [0.15, 0.2) is 33.5 Å². The van der Waals surface area contributed by atoms with Gasteiger partial charge in [-0.15, -0.1) is 0 Å². The van der Waals surface area contributed by atoms with E-state index in [2.05, 4.69) is 0 Å². The van der Waals surface area contributed by atoms with Crippen LogP contribution in [0.25, 0.3) is 11.0 Å². The first-order chi connectivity index (χ1) is 8.70. The monoisotopic (exact) mass is 248 g/mol. The van der Waals surface area contributed by atoms with Crippen LogP contribution in [-0.4, -0.2) is 19.8 Å². The highest BCUT2D eigenvalue weighted by molar-refractivity contribution is 5.81. The average molecular weight is 248 g/mol. The van der Waals surface area contributed by atoms with Gasteiger partial charge in [0.2, 0.25) is 0 Å². The number of benzene rings is 1. The van der Waals surface area contributed by atoms with E-state index >= 15 is 0 Å². The van der Waals surface area contributed by atoms with Crippen molar-refractivity contribution in [3.8, 4) is 5.75 Å². The van der Waals surface area contributed by atoms with Crippen molar-refractivity contribution < 1.29 is 13.9 Å². The summed E-state index contributed by atoms with van der Waals surface area (Å²) >= 11 is 0. The molecule has 0 N–H and O–H groups in total. The van der Waals surface area contributed by atoms with E-state index < -0.39 is 0 Å². The summed E-state index contributed by atoms with van der Waals surface area (Å²) < 4.78 is 15.9. The van der Waals surface area contributed by atoms with Crippen LogP contribution >= 0.6 is 0 Å². The summed E-state index contributed by atoms with van der Waals surface area (Å²) in [5.41, 5.74) is 1.14. The molecule has 0 aliphatic carbocycles. The predicted molar refractivity (Wildman–Crippen MR) is 69.2 cm³/mol. The Hall–Kier alpha value is -1.81. The van der Waals surface area contributed by atoms with Gasteiger partial charge < -0.3 is 13.9 Å². The summed E-state index contributed by atoms with van der Waals surface area (Å²) in [5, 5.41) is 0.892. The van der Waals surface area contributed by atoms with Crippen molar-refractivity contribution >= 4 is 11.0 Å². The summed E-state index contributed by atoms with van der Waals surface area (Å²) in [6.45, 7) is 5.59. The molecule has 0 unspecified atom stereocenters. The molecular weight excluding hydrogens is 232 g/mol. The van der Waals surface area contributed by atoms with E-state index in [1.165, 1.54) is 6.07 Å².